The summed E-state index contributed by atoms with van der Waals surface area (Å²) in [6.07, 6.45) is 2.07. The Morgan fingerprint density at radius 3 is 2.71 bits per heavy atom. The number of nitrogens with one attached hydrogen (secondary N) is 1. The molecule has 0 saturated carbocycles. The zero-order valence-electron chi connectivity index (χ0n) is 12.9. The van der Waals surface area contributed by atoms with Crippen molar-refractivity contribution in [1.29, 1.82) is 0 Å². The van der Waals surface area contributed by atoms with Gasteiger partial charge in [-0.2, -0.15) is 5.10 Å². The van der Waals surface area contributed by atoms with E-state index in [9.17, 15) is 9.18 Å². The van der Waals surface area contributed by atoms with Gasteiger partial charge in [-0.1, -0.05) is 24.3 Å². The molecule has 3 aromatic rings. The highest BCUT2D eigenvalue weighted by Gasteiger charge is 2.18. The van der Waals surface area contributed by atoms with E-state index in [1.807, 2.05) is 6.07 Å². The zero-order valence-corrected chi connectivity index (χ0v) is 12.9. The zero-order chi connectivity index (χ0) is 16.9. The van der Waals surface area contributed by atoms with E-state index in [2.05, 4.69) is 15.4 Å². The maximum Gasteiger partial charge on any atom is 0.265 e. The standard InChI is InChI=1S/C17H15FN4O2/c1-12(24-16-9-5-2-6-13(16)18)17(23)21-14-7-3-4-8-15(14)22-11-19-10-20-22/h2-12H,1H3,(H,21,23). The van der Waals surface area contributed by atoms with E-state index in [1.165, 1.54) is 29.5 Å². The Labute approximate surface area is 137 Å². The first-order valence-electron chi connectivity index (χ1n) is 7.31. The second kappa shape index (κ2) is 6.91. The number of carbonyl (C=O) groups excluding carboxylic acids is 1. The van der Waals surface area contributed by atoms with Gasteiger partial charge in [-0.05, 0) is 31.2 Å². The van der Waals surface area contributed by atoms with Gasteiger partial charge in [-0.15, -0.1) is 0 Å². The molecule has 0 saturated heterocycles. The summed E-state index contributed by atoms with van der Waals surface area (Å²) in [5, 5.41) is 6.82. The van der Waals surface area contributed by atoms with Gasteiger partial charge >= 0.3 is 0 Å². The molecule has 0 fully saturated rings. The van der Waals surface area contributed by atoms with Crippen LogP contribution in [0.4, 0.5) is 10.1 Å². The van der Waals surface area contributed by atoms with Crippen LogP contribution >= 0.6 is 0 Å². The van der Waals surface area contributed by atoms with Gasteiger partial charge in [0, 0.05) is 0 Å². The number of nitrogens with zero attached hydrogens (tertiary/aromatic N) is 3. The molecule has 122 valence electrons. The number of halogens is 1. The number of aromatic nitrogens is 3. The van der Waals surface area contributed by atoms with E-state index in [1.54, 1.807) is 37.3 Å². The summed E-state index contributed by atoms with van der Waals surface area (Å²) in [6.45, 7) is 1.56. The Bertz CT molecular complexity index is 836. The topological polar surface area (TPSA) is 69.0 Å². The van der Waals surface area contributed by atoms with Gasteiger partial charge in [0.25, 0.3) is 5.91 Å². The summed E-state index contributed by atoms with van der Waals surface area (Å²) >= 11 is 0. The smallest absolute Gasteiger partial charge is 0.265 e. The van der Waals surface area contributed by atoms with Crippen molar-refractivity contribution in [3.8, 4) is 11.4 Å². The van der Waals surface area contributed by atoms with E-state index in [4.69, 9.17) is 4.74 Å². The molecule has 24 heavy (non-hydrogen) atoms. The molecule has 7 heteroatoms. The largest absolute Gasteiger partial charge is 0.478 e. The number of ether oxygens (including phenoxy) is 1. The molecule has 0 radical (unpaired) electrons. The SMILES string of the molecule is CC(Oc1ccccc1F)C(=O)Nc1ccccc1-n1cncn1. The highest BCUT2D eigenvalue weighted by molar-refractivity contribution is 5.95. The molecular weight excluding hydrogens is 311 g/mol. The minimum Gasteiger partial charge on any atom is -0.478 e. The van der Waals surface area contributed by atoms with Crippen molar-refractivity contribution in [2.24, 2.45) is 0 Å². The molecule has 0 spiro atoms. The fourth-order valence-corrected chi connectivity index (χ4v) is 2.13. The van der Waals surface area contributed by atoms with Gasteiger partial charge in [0.05, 0.1) is 11.4 Å². The average Bonchev–Trinajstić information content (AvgIpc) is 3.11. The van der Waals surface area contributed by atoms with Crippen LogP contribution in [0.1, 0.15) is 6.92 Å². The molecule has 2 aromatic carbocycles. The molecule has 0 aliphatic rings. The molecule has 1 amide bonds. The summed E-state index contributed by atoms with van der Waals surface area (Å²) in [5.74, 6) is -0.879. The van der Waals surface area contributed by atoms with Gasteiger partial charge in [0.15, 0.2) is 17.7 Å². The van der Waals surface area contributed by atoms with Crippen molar-refractivity contribution in [1.82, 2.24) is 14.8 Å². The second-order valence-corrected chi connectivity index (χ2v) is 5.04. The molecule has 1 unspecified atom stereocenters. The Morgan fingerprint density at radius 1 is 1.21 bits per heavy atom. The Morgan fingerprint density at radius 2 is 1.96 bits per heavy atom. The Hall–Kier alpha value is -3.22. The number of hydrogen-bond donors (Lipinski definition) is 1. The van der Waals surface area contributed by atoms with Crippen LogP contribution in [0.25, 0.3) is 5.69 Å². The lowest BCUT2D eigenvalue weighted by molar-refractivity contribution is -0.122. The summed E-state index contributed by atoms with van der Waals surface area (Å²) in [6, 6.07) is 13.1. The normalized spacial score (nSPS) is 11.8. The third kappa shape index (κ3) is 3.40. The van der Waals surface area contributed by atoms with E-state index in [0.29, 0.717) is 11.4 Å². The molecule has 1 atom stereocenters. The number of carbonyl (C=O) groups is 1. The lowest BCUT2D eigenvalue weighted by Gasteiger charge is -2.16. The fourth-order valence-electron chi connectivity index (χ4n) is 2.13. The van der Waals surface area contributed by atoms with E-state index >= 15 is 0 Å². The highest BCUT2D eigenvalue weighted by atomic mass is 19.1. The number of amides is 1. The third-order valence-electron chi connectivity index (χ3n) is 3.34. The number of hydrogen-bond acceptors (Lipinski definition) is 4. The van der Waals surface area contributed by atoms with E-state index in [-0.39, 0.29) is 5.75 Å². The summed E-state index contributed by atoms with van der Waals surface area (Å²) in [7, 11) is 0. The van der Waals surface area contributed by atoms with Crippen LogP contribution in [0.3, 0.4) is 0 Å². The van der Waals surface area contributed by atoms with Crippen LogP contribution in [0.15, 0.2) is 61.2 Å². The first kappa shape index (κ1) is 15.7. The van der Waals surface area contributed by atoms with Gasteiger partial charge in [0.1, 0.15) is 12.7 Å². The van der Waals surface area contributed by atoms with Crippen LogP contribution in [-0.2, 0) is 4.79 Å². The molecular formula is C17H15FN4O2. The van der Waals surface area contributed by atoms with Crippen molar-refractivity contribution in [2.75, 3.05) is 5.32 Å². The number of anilines is 1. The molecule has 1 aromatic heterocycles. The Balaban J connectivity index is 1.75. The lowest BCUT2D eigenvalue weighted by atomic mass is 10.2. The van der Waals surface area contributed by atoms with Crippen molar-refractivity contribution >= 4 is 11.6 Å². The van der Waals surface area contributed by atoms with Crippen molar-refractivity contribution < 1.29 is 13.9 Å². The van der Waals surface area contributed by atoms with E-state index in [0.717, 1.165) is 0 Å². The molecule has 0 aliphatic heterocycles. The molecule has 1 N–H and O–H groups in total. The highest BCUT2D eigenvalue weighted by Crippen LogP contribution is 2.20. The second-order valence-electron chi connectivity index (χ2n) is 5.04. The maximum absolute atomic E-state index is 13.6. The van der Waals surface area contributed by atoms with Crippen LogP contribution in [-0.4, -0.2) is 26.8 Å². The van der Waals surface area contributed by atoms with Crippen molar-refractivity contribution in [2.45, 2.75) is 13.0 Å². The summed E-state index contributed by atoms with van der Waals surface area (Å²) in [5.41, 5.74) is 1.22. The monoisotopic (exact) mass is 326 g/mol. The van der Waals surface area contributed by atoms with Crippen LogP contribution < -0.4 is 10.1 Å². The first-order valence-corrected chi connectivity index (χ1v) is 7.31. The third-order valence-corrected chi connectivity index (χ3v) is 3.34. The number of para-hydroxylation sites is 3. The number of rotatable bonds is 5. The van der Waals surface area contributed by atoms with Crippen LogP contribution in [0.5, 0.6) is 5.75 Å². The van der Waals surface area contributed by atoms with Crippen molar-refractivity contribution in [3.05, 3.63) is 67.0 Å². The fraction of sp³-hybridized carbons (Fsp3) is 0.118. The van der Waals surface area contributed by atoms with Crippen molar-refractivity contribution in [3.63, 3.8) is 0 Å². The summed E-state index contributed by atoms with van der Waals surface area (Å²) < 4.78 is 20.5. The molecule has 0 aliphatic carbocycles. The van der Waals surface area contributed by atoms with Gasteiger partial charge < -0.3 is 10.1 Å². The van der Waals surface area contributed by atoms with Crippen LogP contribution in [0.2, 0.25) is 0 Å². The quantitative estimate of drug-likeness (QED) is 0.783. The molecule has 0 bridgehead atoms. The van der Waals surface area contributed by atoms with Gasteiger partial charge in [0.2, 0.25) is 0 Å². The molecule has 6 nitrogen and oxygen atoms in total. The van der Waals surface area contributed by atoms with Gasteiger partial charge in [-0.3, -0.25) is 4.79 Å². The predicted octanol–water partition coefficient (Wildman–Crippen LogP) is 2.81. The number of benzene rings is 2. The first-order chi connectivity index (χ1) is 11.6. The van der Waals surface area contributed by atoms with Gasteiger partial charge in [-0.25, -0.2) is 14.1 Å². The van der Waals surface area contributed by atoms with Crippen LogP contribution in [0, 0.1) is 5.82 Å². The maximum atomic E-state index is 13.6. The minimum absolute atomic E-state index is 0.0321. The van der Waals surface area contributed by atoms with E-state index < -0.39 is 17.8 Å². The minimum atomic E-state index is -0.870. The average molecular weight is 326 g/mol. The molecule has 3 rings (SSSR count). The Kier molecular flexibility index (Phi) is 4.51. The molecule has 1 heterocycles. The predicted molar refractivity (Wildman–Crippen MR) is 86.5 cm³/mol. The summed E-state index contributed by atoms with van der Waals surface area (Å²) in [4.78, 5) is 16.2. The lowest BCUT2D eigenvalue weighted by Crippen LogP contribution is -2.30.